The summed E-state index contributed by atoms with van der Waals surface area (Å²) in [6.45, 7) is 1.39. The number of H-pyrrole nitrogens is 1. The van der Waals surface area contributed by atoms with Gasteiger partial charge in [0.05, 0.1) is 23.2 Å². The van der Waals surface area contributed by atoms with Crippen LogP contribution in [0.15, 0.2) is 83.7 Å². The first-order chi connectivity index (χ1) is 14.7. The smallest absolute Gasteiger partial charge is 0.326 e. The van der Waals surface area contributed by atoms with Gasteiger partial charge in [0.15, 0.2) is 0 Å². The molecule has 1 aromatic heterocycles. The minimum Gasteiger partial charge on any atom is -0.493 e. The summed E-state index contributed by atoms with van der Waals surface area (Å²) in [6.07, 6.45) is 0.641. The topological polar surface area (TPSA) is 76.1 Å². The van der Waals surface area contributed by atoms with E-state index in [0.29, 0.717) is 37.4 Å². The fourth-order valence-corrected chi connectivity index (χ4v) is 3.39. The van der Waals surface area contributed by atoms with Gasteiger partial charge in [-0.2, -0.15) is 0 Å². The highest BCUT2D eigenvalue weighted by molar-refractivity contribution is 5.96. The van der Waals surface area contributed by atoms with Crippen molar-refractivity contribution in [3.05, 3.63) is 100 Å². The van der Waals surface area contributed by atoms with Crippen molar-refractivity contribution >= 4 is 16.9 Å². The first-order valence-electron chi connectivity index (χ1n) is 9.94. The highest BCUT2D eigenvalue weighted by atomic mass is 16.5. The van der Waals surface area contributed by atoms with Gasteiger partial charge in [-0.1, -0.05) is 54.6 Å². The number of amides is 1. The zero-order chi connectivity index (χ0) is 20.8. The molecular formula is C24H23N3O3. The van der Waals surface area contributed by atoms with Crippen molar-refractivity contribution in [2.75, 3.05) is 6.61 Å². The fourth-order valence-electron chi connectivity index (χ4n) is 3.39. The summed E-state index contributed by atoms with van der Waals surface area (Å²) in [5.74, 6) is 0.358. The van der Waals surface area contributed by atoms with Gasteiger partial charge in [0.25, 0.3) is 5.91 Å². The van der Waals surface area contributed by atoms with Crippen molar-refractivity contribution in [3.8, 4) is 5.75 Å². The molecule has 0 radical (unpaired) electrons. The summed E-state index contributed by atoms with van der Waals surface area (Å²) >= 11 is 0. The first-order valence-corrected chi connectivity index (χ1v) is 9.94. The number of carbonyl (C=O) groups is 1. The average Bonchev–Trinajstić information content (AvgIpc) is 3.11. The first kappa shape index (κ1) is 19.5. The highest BCUT2D eigenvalue weighted by Crippen LogP contribution is 2.18. The number of aryl methyl sites for hydroxylation is 1. The molecule has 0 bridgehead atoms. The number of rotatable bonds is 8. The van der Waals surface area contributed by atoms with Crippen molar-refractivity contribution in [3.63, 3.8) is 0 Å². The van der Waals surface area contributed by atoms with E-state index < -0.39 is 0 Å². The normalized spacial score (nSPS) is 10.8. The number of aromatic nitrogens is 2. The Balaban J connectivity index is 1.35. The molecule has 0 aliphatic heterocycles. The molecule has 6 nitrogen and oxygen atoms in total. The Morgan fingerprint density at radius 2 is 1.67 bits per heavy atom. The molecule has 0 spiro atoms. The summed E-state index contributed by atoms with van der Waals surface area (Å²) in [6, 6.07) is 24.6. The summed E-state index contributed by atoms with van der Waals surface area (Å²) in [7, 11) is 0. The van der Waals surface area contributed by atoms with Crippen molar-refractivity contribution in [2.24, 2.45) is 0 Å². The molecule has 152 valence electrons. The molecule has 0 saturated carbocycles. The van der Waals surface area contributed by atoms with Gasteiger partial charge in [-0.3, -0.25) is 9.36 Å². The molecule has 0 aliphatic rings. The Morgan fingerprint density at radius 1 is 0.933 bits per heavy atom. The Hall–Kier alpha value is -3.80. The molecule has 3 aromatic carbocycles. The molecule has 0 saturated heterocycles. The summed E-state index contributed by atoms with van der Waals surface area (Å²) in [5, 5.41) is 2.93. The van der Waals surface area contributed by atoms with Gasteiger partial charge in [-0.05, 0) is 36.2 Å². The monoisotopic (exact) mass is 401 g/mol. The zero-order valence-electron chi connectivity index (χ0n) is 16.5. The molecular weight excluding hydrogens is 378 g/mol. The summed E-state index contributed by atoms with van der Waals surface area (Å²) in [5.41, 5.74) is 3.11. The van der Waals surface area contributed by atoms with Crippen LogP contribution in [-0.2, 0) is 13.1 Å². The average molecular weight is 401 g/mol. The molecule has 0 aliphatic carbocycles. The van der Waals surface area contributed by atoms with E-state index in [-0.39, 0.29) is 11.6 Å². The number of para-hydroxylation sites is 3. The molecule has 0 fully saturated rings. The van der Waals surface area contributed by atoms with Crippen LogP contribution in [0.3, 0.4) is 0 Å². The number of fused-ring (bicyclic) bond motifs is 1. The Labute approximate surface area is 174 Å². The molecule has 30 heavy (non-hydrogen) atoms. The second kappa shape index (κ2) is 9.13. The lowest BCUT2D eigenvalue weighted by Gasteiger charge is -2.12. The molecule has 2 N–H and O–H groups in total. The van der Waals surface area contributed by atoms with E-state index in [2.05, 4.69) is 10.3 Å². The van der Waals surface area contributed by atoms with Crippen LogP contribution in [0.5, 0.6) is 5.75 Å². The van der Waals surface area contributed by atoms with E-state index in [4.69, 9.17) is 4.74 Å². The number of hydrogen-bond donors (Lipinski definition) is 2. The number of imidazole rings is 1. The van der Waals surface area contributed by atoms with Gasteiger partial charge >= 0.3 is 5.69 Å². The van der Waals surface area contributed by atoms with Crippen molar-refractivity contribution in [1.82, 2.24) is 14.9 Å². The predicted molar refractivity (Wildman–Crippen MR) is 117 cm³/mol. The van der Waals surface area contributed by atoms with Gasteiger partial charge in [0.1, 0.15) is 5.75 Å². The Kier molecular flexibility index (Phi) is 5.94. The van der Waals surface area contributed by atoms with Gasteiger partial charge < -0.3 is 15.0 Å². The number of benzene rings is 3. The van der Waals surface area contributed by atoms with Crippen molar-refractivity contribution < 1.29 is 9.53 Å². The molecule has 4 rings (SSSR count). The van der Waals surface area contributed by atoms with Crippen LogP contribution in [-0.4, -0.2) is 22.1 Å². The Bertz CT molecular complexity index is 1200. The minimum atomic E-state index is -0.178. The third-order valence-electron chi connectivity index (χ3n) is 4.89. The van der Waals surface area contributed by atoms with Crippen LogP contribution in [0.25, 0.3) is 11.0 Å². The maximum absolute atomic E-state index is 12.6. The standard InChI is InChI=1S/C24H23N3O3/c28-23(25-17-18-9-2-1-3-10-18)19-11-4-7-14-22(19)30-16-8-15-27-21-13-6-5-12-20(21)26-24(27)29/h1-7,9-14H,8,15-17H2,(H,25,28)(H,26,29). The van der Waals surface area contributed by atoms with Gasteiger partial charge in [-0.15, -0.1) is 0 Å². The minimum absolute atomic E-state index is 0.128. The largest absolute Gasteiger partial charge is 0.493 e. The van der Waals surface area contributed by atoms with Crippen LogP contribution >= 0.6 is 0 Å². The summed E-state index contributed by atoms with van der Waals surface area (Å²) in [4.78, 5) is 27.6. The van der Waals surface area contributed by atoms with Crippen molar-refractivity contribution in [2.45, 2.75) is 19.5 Å². The van der Waals surface area contributed by atoms with Crippen LogP contribution < -0.4 is 15.7 Å². The van der Waals surface area contributed by atoms with Crippen LogP contribution in [0, 0.1) is 0 Å². The Morgan fingerprint density at radius 3 is 2.53 bits per heavy atom. The summed E-state index contributed by atoms with van der Waals surface area (Å²) < 4.78 is 7.58. The molecule has 4 aromatic rings. The third-order valence-corrected chi connectivity index (χ3v) is 4.89. The third kappa shape index (κ3) is 4.43. The van der Waals surface area contributed by atoms with Crippen LogP contribution in [0.4, 0.5) is 0 Å². The predicted octanol–water partition coefficient (Wildman–Crippen LogP) is 3.73. The van der Waals surface area contributed by atoms with Crippen LogP contribution in [0.2, 0.25) is 0 Å². The fraction of sp³-hybridized carbons (Fsp3) is 0.167. The number of nitrogens with one attached hydrogen (secondary N) is 2. The zero-order valence-corrected chi connectivity index (χ0v) is 16.5. The lowest BCUT2D eigenvalue weighted by atomic mass is 10.1. The second-order valence-electron chi connectivity index (χ2n) is 6.97. The molecule has 1 heterocycles. The maximum Gasteiger partial charge on any atom is 0.326 e. The van der Waals surface area contributed by atoms with E-state index in [1.54, 1.807) is 16.7 Å². The number of hydrogen-bond acceptors (Lipinski definition) is 3. The van der Waals surface area contributed by atoms with Crippen LogP contribution in [0.1, 0.15) is 22.3 Å². The van der Waals surface area contributed by atoms with Gasteiger partial charge in [0.2, 0.25) is 0 Å². The number of aromatic amines is 1. The molecule has 0 unspecified atom stereocenters. The van der Waals surface area contributed by atoms with E-state index in [9.17, 15) is 9.59 Å². The highest BCUT2D eigenvalue weighted by Gasteiger charge is 2.12. The number of ether oxygens (including phenoxy) is 1. The SMILES string of the molecule is O=C(NCc1ccccc1)c1ccccc1OCCCn1c(=O)[nH]c2ccccc21. The van der Waals surface area contributed by atoms with Gasteiger partial charge in [0, 0.05) is 13.1 Å². The molecule has 6 heteroatoms. The molecule has 0 atom stereocenters. The number of carbonyl (C=O) groups excluding carboxylic acids is 1. The van der Waals surface area contributed by atoms with E-state index >= 15 is 0 Å². The van der Waals surface area contributed by atoms with E-state index in [0.717, 1.165) is 16.6 Å². The lowest BCUT2D eigenvalue weighted by molar-refractivity contribution is 0.0946. The quantitative estimate of drug-likeness (QED) is 0.442. The van der Waals surface area contributed by atoms with E-state index in [1.165, 1.54) is 0 Å². The van der Waals surface area contributed by atoms with Gasteiger partial charge in [-0.25, -0.2) is 4.79 Å². The number of nitrogens with zero attached hydrogens (tertiary/aromatic N) is 1. The second-order valence-corrected chi connectivity index (χ2v) is 6.97. The maximum atomic E-state index is 12.6. The molecule has 1 amide bonds. The van der Waals surface area contributed by atoms with E-state index in [1.807, 2.05) is 66.7 Å². The van der Waals surface area contributed by atoms with Crippen molar-refractivity contribution in [1.29, 1.82) is 0 Å². The lowest BCUT2D eigenvalue weighted by Crippen LogP contribution is -2.23.